The van der Waals surface area contributed by atoms with Crippen molar-refractivity contribution in [2.24, 2.45) is 5.10 Å². The summed E-state index contributed by atoms with van der Waals surface area (Å²) in [6.45, 7) is 5.17. The summed E-state index contributed by atoms with van der Waals surface area (Å²) in [5.74, 6) is 1.64. The molecule has 0 spiro atoms. The lowest BCUT2D eigenvalue weighted by Gasteiger charge is -2.11. The van der Waals surface area contributed by atoms with Crippen LogP contribution < -0.4 is 19.6 Å². The highest BCUT2D eigenvalue weighted by Gasteiger charge is 2.09. The smallest absolute Gasteiger partial charge is 0.277 e. The molecule has 0 bridgehead atoms. The summed E-state index contributed by atoms with van der Waals surface area (Å²) < 4.78 is 18.0. The quantitative estimate of drug-likeness (QED) is 0.271. The van der Waals surface area contributed by atoms with E-state index in [9.17, 15) is 4.79 Å². The number of rotatable bonds is 11. The first kappa shape index (κ1) is 23.6. The molecule has 0 unspecified atom stereocenters. The van der Waals surface area contributed by atoms with Crippen LogP contribution in [0.3, 0.4) is 0 Å². The van der Waals surface area contributed by atoms with Gasteiger partial charge in [0.05, 0.1) is 23.9 Å². The van der Waals surface area contributed by atoms with Crippen LogP contribution in [0.5, 0.6) is 17.2 Å². The van der Waals surface area contributed by atoms with Crippen molar-refractivity contribution < 1.29 is 19.0 Å². The van der Waals surface area contributed by atoms with Gasteiger partial charge in [0, 0.05) is 11.6 Å². The predicted molar refractivity (Wildman–Crippen MR) is 131 cm³/mol. The second-order valence-electron chi connectivity index (χ2n) is 7.08. The molecular formula is C25H27BrN2O4. The zero-order valence-electron chi connectivity index (χ0n) is 18.3. The Morgan fingerprint density at radius 3 is 2.56 bits per heavy atom. The van der Waals surface area contributed by atoms with Crippen molar-refractivity contribution in [1.82, 2.24) is 5.43 Å². The van der Waals surface area contributed by atoms with Crippen molar-refractivity contribution in [3.8, 4) is 17.2 Å². The number of hydrogen-bond acceptors (Lipinski definition) is 5. The Kier molecular flexibility index (Phi) is 8.92. The van der Waals surface area contributed by atoms with E-state index >= 15 is 0 Å². The van der Waals surface area contributed by atoms with Gasteiger partial charge in [-0.15, -0.1) is 0 Å². The van der Waals surface area contributed by atoms with E-state index in [2.05, 4.69) is 33.4 Å². The first-order valence-corrected chi connectivity index (χ1v) is 11.4. The van der Waals surface area contributed by atoms with Crippen molar-refractivity contribution in [2.45, 2.75) is 26.7 Å². The molecule has 0 aliphatic heterocycles. The van der Waals surface area contributed by atoms with E-state index in [1.807, 2.05) is 61.5 Å². The van der Waals surface area contributed by atoms with E-state index in [-0.39, 0.29) is 12.5 Å². The molecule has 0 aromatic heterocycles. The molecule has 0 atom stereocenters. The minimum Gasteiger partial charge on any atom is -0.493 e. The lowest BCUT2D eigenvalue weighted by molar-refractivity contribution is -0.123. The standard InChI is InChI=1S/C25H27BrN2O4/c1-3-13-30-20-11-9-19(23(15-20)31-14-4-2)16-27-28-24(29)17-32-22-12-10-18-7-5-6-8-21(18)25(22)26/h5-12,15-16H,3-4,13-14,17H2,1-2H3,(H,28,29)/b27-16+. The van der Waals surface area contributed by atoms with Crippen LogP contribution in [0.2, 0.25) is 0 Å². The topological polar surface area (TPSA) is 69.2 Å². The van der Waals surface area contributed by atoms with Crippen LogP contribution >= 0.6 is 15.9 Å². The summed E-state index contributed by atoms with van der Waals surface area (Å²) in [7, 11) is 0. The molecule has 3 aromatic rings. The number of ether oxygens (including phenoxy) is 3. The van der Waals surface area contributed by atoms with Crippen molar-refractivity contribution in [2.75, 3.05) is 19.8 Å². The first-order chi connectivity index (χ1) is 15.6. The van der Waals surface area contributed by atoms with E-state index < -0.39 is 0 Å². The maximum Gasteiger partial charge on any atom is 0.277 e. The van der Waals surface area contributed by atoms with Gasteiger partial charge in [0.1, 0.15) is 17.2 Å². The number of fused-ring (bicyclic) bond motifs is 1. The summed E-state index contributed by atoms with van der Waals surface area (Å²) in [6, 6.07) is 17.3. The molecule has 1 N–H and O–H groups in total. The number of halogens is 1. The highest BCUT2D eigenvalue weighted by Crippen LogP contribution is 2.33. The van der Waals surface area contributed by atoms with Crippen molar-refractivity contribution in [3.63, 3.8) is 0 Å². The highest BCUT2D eigenvalue weighted by molar-refractivity contribution is 9.10. The van der Waals surface area contributed by atoms with Crippen LogP contribution in [-0.2, 0) is 4.79 Å². The van der Waals surface area contributed by atoms with Gasteiger partial charge in [0.25, 0.3) is 5.91 Å². The second-order valence-corrected chi connectivity index (χ2v) is 7.87. The fourth-order valence-electron chi connectivity index (χ4n) is 2.94. The number of nitrogens with one attached hydrogen (secondary N) is 1. The normalized spacial score (nSPS) is 11.0. The maximum absolute atomic E-state index is 12.2. The molecule has 0 radical (unpaired) electrons. The van der Waals surface area contributed by atoms with Crippen LogP contribution in [0.15, 0.2) is 64.2 Å². The Morgan fingerprint density at radius 1 is 0.969 bits per heavy atom. The molecule has 6 nitrogen and oxygen atoms in total. The van der Waals surface area contributed by atoms with Crippen LogP contribution in [0.1, 0.15) is 32.3 Å². The second kappa shape index (κ2) is 12.1. The number of nitrogens with zero attached hydrogens (tertiary/aromatic N) is 1. The average molecular weight is 499 g/mol. The number of hydrazone groups is 1. The van der Waals surface area contributed by atoms with Crippen LogP contribution in [0.4, 0.5) is 0 Å². The van der Waals surface area contributed by atoms with Gasteiger partial charge < -0.3 is 14.2 Å². The Bertz CT molecular complexity index is 1080. The third kappa shape index (κ3) is 6.47. The summed E-state index contributed by atoms with van der Waals surface area (Å²) in [4.78, 5) is 12.2. The van der Waals surface area contributed by atoms with Crippen molar-refractivity contribution >= 4 is 38.8 Å². The fraction of sp³-hybridized carbons (Fsp3) is 0.280. The van der Waals surface area contributed by atoms with Gasteiger partial charge in [-0.1, -0.05) is 44.2 Å². The first-order valence-electron chi connectivity index (χ1n) is 10.6. The van der Waals surface area contributed by atoms with Crippen LogP contribution in [0.25, 0.3) is 10.8 Å². The summed E-state index contributed by atoms with van der Waals surface area (Å²) in [5.41, 5.74) is 3.24. The van der Waals surface area contributed by atoms with Gasteiger partial charge in [0.2, 0.25) is 0 Å². The number of carbonyl (C=O) groups excluding carboxylic acids is 1. The van der Waals surface area contributed by atoms with Crippen molar-refractivity contribution in [1.29, 1.82) is 0 Å². The number of carbonyl (C=O) groups is 1. The largest absolute Gasteiger partial charge is 0.493 e. The molecule has 0 fully saturated rings. The molecule has 0 aliphatic rings. The van der Waals surface area contributed by atoms with E-state index in [4.69, 9.17) is 14.2 Å². The number of hydrogen-bond donors (Lipinski definition) is 1. The summed E-state index contributed by atoms with van der Waals surface area (Å²) in [5, 5.41) is 6.16. The zero-order chi connectivity index (χ0) is 22.8. The minimum atomic E-state index is -0.361. The molecule has 168 valence electrons. The Hall–Kier alpha value is -3.06. The van der Waals surface area contributed by atoms with Crippen LogP contribution in [0, 0.1) is 0 Å². The molecule has 32 heavy (non-hydrogen) atoms. The summed E-state index contributed by atoms with van der Waals surface area (Å²) in [6.07, 6.45) is 3.37. The molecule has 0 saturated heterocycles. The maximum atomic E-state index is 12.2. The SMILES string of the molecule is CCCOc1ccc(/C=N/NC(=O)COc2ccc3ccccc3c2Br)c(OCCC)c1. The molecule has 0 aliphatic carbocycles. The molecule has 1 amide bonds. The lowest BCUT2D eigenvalue weighted by atomic mass is 10.1. The van der Waals surface area contributed by atoms with Gasteiger partial charge >= 0.3 is 0 Å². The van der Waals surface area contributed by atoms with Gasteiger partial charge in [-0.25, -0.2) is 5.43 Å². The van der Waals surface area contributed by atoms with E-state index in [0.29, 0.717) is 24.7 Å². The molecule has 7 heteroatoms. The van der Waals surface area contributed by atoms with Crippen molar-refractivity contribution in [3.05, 3.63) is 64.6 Å². The van der Waals surface area contributed by atoms with Gasteiger partial charge in [-0.05, 0) is 57.7 Å². The Balaban J connectivity index is 1.59. The average Bonchev–Trinajstić information content (AvgIpc) is 2.82. The monoisotopic (exact) mass is 498 g/mol. The third-order valence-electron chi connectivity index (χ3n) is 4.50. The lowest BCUT2D eigenvalue weighted by Crippen LogP contribution is -2.24. The molecule has 3 aromatic carbocycles. The molecule has 0 heterocycles. The molecule has 0 saturated carbocycles. The molecule has 3 rings (SSSR count). The highest BCUT2D eigenvalue weighted by atomic mass is 79.9. The summed E-state index contributed by atoms with van der Waals surface area (Å²) >= 11 is 3.55. The van der Waals surface area contributed by atoms with Crippen LogP contribution in [-0.4, -0.2) is 31.9 Å². The van der Waals surface area contributed by atoms with E-state index in [0.717, 1.165) is 39.4 Å². The fourth-order valence-corrected chi connectivity index (χ4v) is 3.55. The van der Waals surface area contributed by atoms with Gasteiger partial charge in [-0.2, -0.15) is 5.10 Å². The number of benzene rings is 3. The van der Waals surface area contributed by atoms with E-state index in [1.165, 1.54) is 0 Å². The molecular weight excluding hydrogens is 472 g/mol. The Morgan fingerprint density at radius 2 is 1.75 bits per heavy atom. The minimum absolute atomic E-state index is 0.155. The van der Waals surface area contributed by atoms with E-state index in [1.54, 1.807) is 6.21 Å². The zero-order valence-corrected chi connectivity index (χ0v) is 19.9. The number of amides is 1. The predicted octanol–water partition coefficient (Wildman–Crippen LogP) is 5.71. The third-order valence-corrected chi connectivity index (χ3v) is 5.32. The van der Waals surface area contributed by atoms with Gasteiger partial charge in [-0.3, -0.25) is 4.79 Å². The van der Waals surface area contributed by atoms with Gasteiger partial charge in [0.15, 0.2) is 6.61 Å². The Labute approximate surface area is 196 Å².